The molecule has 0 fully saturated rings. The Morgan fingerprint density at radius 3 is 2.37 bits per heavy atom. The van der Waals surface area contributed by atoms with E-state index < -0.39 is 33.3 Å². The molecule has 1 amide bonds. The summed E-state index contributed by atoms with van der Waals surface area (Å²) in [6.45, 7) is 1.79. The van der Waals surface area contributed by atoms with Gasteiger partial charge in [-0.15, -0.1) is 0 Å². The fraction of sp³-hybridized carbons (Fsp3) is 0.0833. The summed E-state index contributed by atoms with van der Waals surface area (Å²) >= 11 is 5.89. The van der Waals surface area contributed by atoms with Gasteiger partial charge >= 0.3 is 16.3 Å². The number of nitrogens with one attached hydrogen (secondary N) is 1. The maximum atomic E-state index is 13.0. The number of rotatable bonds is 6. The number of anilines is 1. The summed E-state index contributed by atoms with van der Waals surface area (Å²) in [5.41, 5.74) is -0.996. The number of nitrogens with zero attached hydrogens (tertiary/aromatic N) is 1. The first-order valence-corrected chi connectivity index (χ1v) is 11.6. The molecule has 0 aliphatic heterocycles. The van der Waals surface area contributed by atoms with E-state index in [4.69, 9.17) is 15.8 Å². The van der Waals surface area contributed by atoms with Crippen LogP contribution in [-0.2, 0) is 21.1 Å². The lowest BCUT2D eigenvalue weighted by molar-refractivity contribution is -0.137. The molecule has 11 heteroatoms. The van der Waals surface area contributed by atoms with Gasteiger partial charge in [-0.2, -0.15) is 26.9 Å². The third kappa shape index (κ3) is 6.41. The van der Waals surface area contributed by atoms with Gasteiger partial charge in [0.15, 0.2) is 0 Å². The fourth-order valence-corrected chi connectivity index (χ4v) is 3.96. The van der Waals surface area contributed by atoms with Crippen LogP contribution in [0.2, 0.25) is 5.02 Å². The van der Waals surface area contributed by atoms with Crippen LogP contribution in [0.25, 0.3) is 6.08 Å². The molecule has 0 spiro atoms. The molecule has 0 saturated carbocycles. The topological polar surface area (TPSA) is 96.3 Å². The van der Waals surface area contributed by atoms with Gasteiger partial charge < -0.3 is 9.50 Å². The zero-order valence-corrected chi connectivity index (χ0v) is 19.5. The Morgan fingerprint density at radius 1 is 1.09 bits per heavy atom. The molecule has 35 heavy (non-hydrogen) atoms. The van der Waals surface area contributed by atoms with E-state index in [0.29, 0.717) is 6.07 Å². The van der Waals surface area contributed by atoms with Gasteiger partial charge in [0.1, 0.15) is 22.3 Å². The van der Waals surface area contributed by atoms with Crippen LogP contribution in [-0.4, -0.2) is 14.3 Å². The van der Waals surface area contributed by atoms with Gasteiger partial charge in [0.05, 0.1) is 16.3 Å². The molecule has 180 valence electrons. The predicted octanol–water partition coefficient (Wildman–Crippen LogP) is 5.98. The first kappa shape index (κ1) is 25.8. The number of halogens is 4. The van der Waals surface area contributed by atoms with Crippen molar-refractivity contribution in [2.24, 2.45) is 0 Å². The highest BCUT2D eigenvalue weighted by Gasteiger charge is 2.31. The average molecular weight is 521 g/mol. The summed E-state index contributed by atoms with van der Waals surface area (Å²) in [5.74, 6) is -1.21. The average Bonchev–Trinajstić information content (AvgIpc) is 2.79. The number of alkyl halides is 3. The smallest absolute Gasteiger partial charge is 0.378 e. The first-order valence-electron chi connectivity index (χ1n) is 9.81. The number of hydrogen-bond acceptors (Lipinski definition) is 5. The second kappa shape index (κ2) is 10.2. The van der Waals surface area contributed by atoms with Gasteiger partial charge in [-0.3, -0.25) is 4.79 Å². The number of hydrogen-bond donors (Lipinski definition) is 1. The number of benzene rings is 3. The van der Waals surface area contributed by atoms with Crippen molar-refractivity contribution in [3.63, 3.8) is 0 Å². The van der Waals surface area contributed by atoms with Crippen molar-refractivity contribution in [2.75, 3.05) is 5.32 Å². The molecule has 0 aliphatic rings. The van der Waals surface area contributed by atoms with Crippen LogP contribution in [0.5, 0.6) is 5.75 Å². The molecule has 0 radical (unpaired) electrons. The second-order valence-electron chi connectivity index (χ2n) is 7.20. The Hall–Kier alpha value is -3.81. The van der Waals surface area contributed by atoms with E-state index in [1.54, 1.807) is 25.1 Å². The van der Waals surface area contributed by atoms with Crippen LogP contribution in [0, 0.1) is 18.3 Å². The Balaban J connectivity index is 1.91. The van der Waals surface area contributed by atoms with Crippen molar-refractivity contribution >= 4 is 39.4 Å². The van der Waals surface area contributed by atoms with Gasteiger partial charge in [-0.05, 0) is 49.4 Å². The lowest BCUT2D eigenvalue weighted by Crippen LogP contribution is -2.15. The maximum absolute atomic E-state index is 13.0. The van der Waals surface area contributed by atoms with Crippen LogP contribution < -0.4 is 9.50 Å². The number of amides is 1. The Kier molecular flexibility index (Phi) is 7.53. The zero-order valence-electron chi connectivity index (χ0n) is 17.9. The van der Waals surface area contributed by atoms with E-state index in [2.05, 4.69) is 5.32 Å². The third-order valence-corrected chi connectivity index (χ3v) is 6.21. The molecule has 0 unspecified atom stereocenters. The molecule has 0 saturated heterocycles. The molecule has 0 aromatic heterocycles. The lowest BCUT2D eigenvalue weighted by Gasteiger charge is -2.12. The number of para-hydroxylation sites is 1. The van der Waals surface area contributed by atoms with Crippen molar-refractivity contribution < 1.29 is 30.6 Å². The van der Waals surface area contributed by atoms with Gasteiger partial charge in [0, 0.05) is 5.56 Å². The van der Waals surface area contributed by atoms with Crippen molar-refractivity contribution in [1.29, 1.82) is 5.26 Å². The first-order chi connectivity index (χ1) is 16.4. The van der Waals surface area contributed by atoms with Gasteiger partial charge in [0.2, 0.25) is 0 Å². The minimum atomic E-state index is -4.67. The quantitative estimate of drug-likeness (QED) is 0.245. The Morgan fingerprint density at radius 2 is 1.74 bits per heavy atom. The van der Waals surface area contributed by atoms with Crippen LogP contribution in [0.1, 0.15) is 16.7 Å². The molecule has 3 aromatic rings. The monoisotopic (exact) mass is 520 g/mol. The van der Waals surface area contributed by atoms with Crippen molar-refractivity contribution in [2.45, 2.75) is 18.0 Å². The third-order valence-electron chi connectivity index (χ3n) is 4.63. The summed E-state index contributed by atoms with van der Waals surface area (Å²) < 4.78 is 69.5. The maximum Gasteiger partial charge on any atom is 0.416 e. The molecular formula is C24H16ClF3N2O4S. The van der Waals surface area contributed by atoms with E-state index in [0.717, 1.165) is 23.8 Å². The van der Waals surface area contributed by atoms with Crippen molar-refractivity contribution in [3.05, 3.63) is 94.0 Å². The minimum Gasteiger partial charge on any atom is -0.378 e. The standard InChI is InChI=1S/C24H16ClF3N2O4S/c1-15-6-9-19(10-7-15)35(32,33)34-22-5-3-2-4-16(22)12-17(14-29)23(31)30-21-13-18(24(26,27)28)8-11-20(21)25/h2-13H,1H3,(H,30,31). The molecule has 0 heterocycles. The molecule has 3 aromatic carbocycles. The largest absolute Gasteiger partial charge is 0.416 e. The van der Waals surface area contributed by atoms with Gasteiger partial charge in [-0.25, -0.2) is 0 Å². The highest BCUT2D eigenvalue weighted by atomic mass is 35.5. The van der Waals surface area contributed by atoms with E-state index in [1.165, 1.54) is 36.4 Å². The summed E-state index contributed by atoms with van der Waals surface area (Å²) in [7, 11) is -4.22. The van der Waals surface area contributed by atoms with Crippen LogP contribution in [0.3, 0.4) is 0 Å². The lowest BCUT2D eigenvalue weighted by atomic mass is 10.1. The zero-order chi connectivity index (χ0) is 25.8. The van der Waals surface area contributed by atoms with Gasteiger partial charge in [0.25, 0.3) is 5.91 Å². The molecule has 3 rings (SSSR count). The number of nitriles is 1. The van der Waals surface area contributed by atoms with E-state index in [9.17, 15) is 31.6 Å². The van der Waals surface area contributed by atoms with Crippen LogP contribution in [0.15, 0.2) is 77.2 Å². The Labute approximate surface area is 204 Å². The predicted molar refractivity (Wildman–Crippen MR) is 124 cm³/mol. The van der Waals surface area contributed by atoms with E-state index >= 15 is 0 Å². The highest BCUT2D eigenvalue weighted by molar-refractivity contribution is 7.87. The summed E-state index contributed by atoms with van der Waals surface area (Å²) in [6.07, 6.45) is -3.62. The fourth-order valence-electron chi connectivity index (χ4n) is 2.84. The summed E-state index contributed by atoms with van der Waals surface area (Å²) in [6, 6.07) is 15.7. The molecule has 0 atom stereocenters. The normalized spacial score (nSPS) is 12.1. The number of carbonyl (C=O) groups excluding carboxylic acids is 1. The molecule has 0 bridgehead atoms. The van der Waals surface area contributed by atoms with Crippen molar-refractivity contribution in [3.8, 4) is 11.8 Å². The van der Waals surface area contributed by atoms with Crippen LogP contribution >= 0.6 is 11.6 Å². The molecular weight excluding hydrogens is 505 g/mol. The van der Waals surface area contributed by atoms with E-state index in [-0.39, 0.29) is 26.9 Å². The van der Waals surface area contributed by atoms with E-state index in [1.807, 2.05) is 0 Å². The number of carbonyl (C=O) groups is 1. The van der Waals surface area contributed by atoms with Crippen LogP contribution in [0.4, 0.5) is 18.9 Å². The highest BCUT2D eigenvalue weighted by Crippen LogP contribution is 2.34. The minimum absolute atomic E-state index is 0.0741. The van der Waals surface area contributed by atoms with Gasteiger partial charge in [-0.1, -0.05) is 47.5 Å². The Bertz CT molecular complexity index is 1440. The summed E-state index contributed by atoms with van der Waals surface area (Å²) in [5, 5.41) is 11.5. The molecule has 0 aliphatic carbocycles. The van der Waals surface area contributed by atoms with Crippen molar-refractivity contribution in [1.82, 2.24) is 0 Å². The summed E-state index contributed by atoms with van der Waals surface area (Å²) in [4.78, 5) is 12.5. The SMILES string of the molecule is Cc1ccc(S(=O)(=O)Oc2ccccc2C=C(C#N)C(=O)Nc2cc(C(F)(F)F)ccc2Cl)cc1. The molecule has 1 N–H and O–H groups in total. The second-order valence-corrected chi connectivity index (χ2v) is 9.16. The molecule has 6 nitrogen and oxygen atoms in total. The number of aryl methyl sites for hydroxylation is 1.